The molecule has 0 bridgehead atoms. The number of rotatable bonds is 3. The van der Waals surface area contributed by atoms with E-state index in [9.17, 15) is 0 Å². The van der Waals surface area contributed by atoms with Crippen LogP contribution >= 0.6 is 11.6 Å². The number of piperidine rings is 1. The molecule has 0 amide bonds. The molecule has 3 heterocycles. The van der Waals surface area contributed by atoms with Crippen molar-refractivity contribution in [1.82, 2.24) is 20.1 Å². The minimum absolute atomic E-state index is 0.361. The van der Waals surface area contributed by atoms with E-state index >= 15 is 0 Å². The molecular weight excluding hydrogens is 374 g/mol. The summed E-state index contributed by atoms with van der Waals surface area (Å²) >= 11 is 6.07. The predicted molar refractivity (Wildman–Crippen MR) is 111 cm³/mol. The Kier molecular flexibility index (Phi) is 5.30. The van der Waals surface area contributed by atoms with Gasteiger partial charge in [0, 0.05) is 53.2 Å². The molecule has 2 N–H and O–H groups in total. The van der Waals surface area contributed by atoms with Crippen molar-refractivity contribution in [3.8, 4) is 22.4 Å². The number of benzene rings is 1. The monoisotopic (exact) mass is 395 g/mol. The van der Waals surface area contributed by atoms with Crippen LogP contribution in [0.25, 0.3) is 22.4 Å². The number of pyridine rings is 1. The summed E-state index contributed by atoms with van der Waals surface area (Å²) < 4.78 is 0. The van der Waals surface area contributed by atoms with Gasteiger partial charge in [-0.05, 0) is 49.6 Å². The van der Waals surface area contributed by atoms with Gasteiger partial charge in [-0.25, -0.2) is 0 Å². The average molecular weight is 396 g/mol. The summed E-state index contributed by atoms with van der Waals surface area (Å²) in [4.78, 5) is 6.27. The van der Waals surface area contributed by atoms with Crippen molar-refractivity contribution in [3.05, 3.63) is 59.5 Å². The molecular formula is C21H22ClN5O. The number of hydrogen-bond donors (Lipinski definition) is 2. The summed E-state index contributed by atoms with van der Waals surface area (Å²) in [6, 6.07) is 11.8. The topological polar surface area (TPSA) is 77.4 Å². The first-order chi connectivity index (χ1) is 13.7. The van der Waals surface area contributed by atoms with Crippen LogP contribution in [-0.2, 0) is 0 Å². The third kappa shape index (κ3) is 3.60. The van der Waals surface area contributed by atoms with E-state index in [0.717, 1.165) is 54.0 Å². The fourth-order valence-electron chi connectivity index (χ4n) is 3.83. The molecule has 2 aromatic heterocycles. The zero-order valence-corrected chi connectivity index (χ0v) is 16.4. The third-order valence-corrected chi connectivity index (χ3v) is 5.64. The van der Waals surface area contributed by atoms with Gasteiger partial charge >= 0.3 is 0 Å². The smallest absolute Gasteiger partial charge is 0.141 e. The molecule has 1 fully saturated rings. The van der Waals surface area contributed by atoms with Crippen LogP contribution in [0.5, 0.6) is 0 Å². The highest BCUT2D eigenvalue weighted by Crippen LogP contribution is 2.39. The molecule has 144 valence electrons. The fourth-order valence-corrected chi connectivity index (χ4v) is 3.96. The summed E-state index contributed by atoms with van der Waals surface area (Å²) in [5, 5.41) is 21.0. The van der Waals surface area contributed by atoms with Gasteiger partial charge in [-0.1, -0.05) is 28.9 Å². The quantitative estimate of drug-likeness (QED) is 0.289. The van der Waals surface area contributed by atoms with E-state index in [1.807, 2.05) is 43.3 Å². The van der Waals surface area contributed by atoms with E-state index in [4.69, 9.17) is 16.8 Å². The summed E-state index contributed by atoms with van der Waals surface area (Å²) in [6.07, 6.45) is 5.54. The number of H-pyrrole nitrogens is 1. The van der Waals surface area contributed by atoms with Crippen molar-refractivity contribution in [2.45, 2.75) is 25.7 Å². The van der Waals surface area contributed by atoms with Gasteiger partial charge in [-0.2, -0.15) is 5.10 Å². The molecule has 3 aromatic rings. The van der Waals surface area contributed by atoms with Gasteiger partial charge < -0.3 is 10.1 Å². The van der Waals surface area contributed by atoms with E-state index in [1.54, 1.807) is 12.4 Å². The van der Waals surface area contributed by atoms with Crippen LogP contribution in [0.1, 0.15) is 31.4 Å². The molecule has 1 aliphatic heterocycles. The first-order valence-corrected chi connectivity index (χ1v) is 9.73. The number of likely N-dealkylation sites (tertiary alicyclic amines) is 1. The Bertz CT molecular complexity index is 960. The molecule has 1 aliphatic rings. The van der Waals surface area contributed by atoms with E-state index in [1.165, 1.54) is 0 Å². The van der Waals surface area contributed by atoms with Crippen LogP contribution in [0, 0.1) is 0 Å². The van der Waals surface area contributed by atoms with Crippen molar-refractivity contribution >= 4 is 17.4 Å². The van der Waals surface area contributed by atoms with Crippen molar-refractivity contribution in [2.75, 3.05) is 13.1 Å². The normalized spacial score (nSPS) is 15.8. The molecule has 0 saturated carbocycles. The Morgan fingerprint density at radius 2 is 1.79 bits per heavy atom. The number of amidine groups is 1. The molecule has 1 saturated heterocycles. The second kappa shape index (κ2) is 8.02. The number of halogens is 1. The average Bonchev–Trinajstić information content (AvgIpc) is 3.19. The van der Waals surface area contributed by atoms with Gasteiger partial charge in [-0.15, -0.1) is 0 Å². The van der Waals surface area contributed by atoms with Gasteiger partial charge in [0.25, 0.3) is 0 Å². The lowest BCUT2D eigenvalue weighted by Gasteiger charge is -2.32. The van der Waals surface area contributed by atoms with E-state index in [-0.39, 0.29) is 0 Å². The molecule has 0 unspecified atom stereocenters. The molecule has 28 heavy (non-hydrogen) atoms. The van der Waals surface area contributed by atoms with Crippen molar-refractivity contribution in [2.24, 2.45) is 5.16 Å². The predicted octanol–water partition coefficient (Wildman–Crippen LogP) is 4.78. The van der Waals surface area contributed by atoms with Gasteiger partial charge in [0.1, 0.15) is 11.5 Å². The first kappa shape index (κ1) is 18.5. The summed E-state index contributed by atoms with van der Waals surface area (Å²) in [5.74, 6) is 1.03. The van der Waals surface area contributed by atoms with E-state index in [0.29, 0.717) is 16.8 Å². The Labute approximate surface area is 168 Å². The highest BCUT2D eigenvalue weighted by molar-refractivity contribution is 6.30. The highest BCUT2D eigenvalue weighted by atomic mass is 35.5. The summed E-state index contributed by atoms with van der Waals surface area (Å²) in [6.45, 7) is 3.54. The third-order valence-electron chi connectivity index (χ3n) is 5.39. The van der Waals surface area contributed by atoms with E-state index < -0.39 is 0 Å². The summed E-state index contributed by atoms with van der Waals surface area (Å²) in [5.41, 5.74) is 5.32. The van der Waals surface area contributed by atoms with Crippen molar-refractivity contribution in [1.29, 1.82) is 0 Å². The molecule has 6 nitrogen and oxygen atoms in total. The van der Waals surface area contributed by atoms with Crippen LogP contribution < -0.4 is 0 Å². The van der Waals surface area contributed by atoms with Gasteiger partial charge in [-0.3, -0.25) is 10.1 Å². The number of oxime groups is 1. The highest BCUT2D eigenvalue weighted by Gasteiger charge is 2.27. The SMILES string of the molecule is CC(=NO)N1CCC(c2[nH]nc(-c3ccc(Cl)cc3)c2-c2ccncc2)CC1. The number of aromatic nitrogens is 3. The zero-order chi connectivity index (χ0) is 19.5. The van der Waals surface area contributed by atoms with Gasteiger partial charge in [0.15, 0.2) is 0 Å². The fraction of sp³-hybridized carbons (Fsp3) is 0.286. The standard InChI is InChI=1S/C21H22ClN5O/c1-14(26-28)27-12-8-17(9-13-27)21-19(15-6-10-23-11-7-15)20(24-25-21)16-2-4-18(22)5-3-16/h2-7,10-11,17,28H,8-9,12-13H2,1H3,(H,24,25). The number of nitrogens with one attached hydrogen (secondary N) is 1. The maximum absolute atomic E-state index is 9.03. The number of nitrogens with zero attached hydrogens (tertiary/aromatic N) is 4. The van der Waals surface area contributed by atoms with Crippen LogP contribution in [-0.4, -0.2) is 44.2 Å². The second-order valence-electron chi connectivity index (χ2n) is 7.01. The Balaban J connectivity index is 1.71. The Morgan fingerprint density at radius 3 is 2.43 bits per heavy atom. The molecule has 0 radical (unpaired) electrons. The number of hydrogen-bond acceptors (Lipinski definition) is 4. The Hall–Kier alpha value is -2.86. The lowest BCUT2D eigenvalue weighted by molar-refractivity contribution is 0.272. The zero-order valence-electron chi connectivity index (χ0n) is 15.6. The molecule has 0 spiro atoms. The molecule has 7 heteroatoms. The largest absolute Gasteiger partial charge is 0.409 e. The molecule has 0 aliphatic carbocycles. The van der Waals surface area contributed by atoms with Crippen molar-refractivity contribution in [3.63, 3.8) is 0 Å². The van der Waals surface area contributed by atoms with Gasteiger partial charge in [0.2, 0.25) is 0 Å². The lowest BCUT2D eigenvalue weighted by atomic mass is 9.87. The first-order valence-electron chi connectivity index (χ1n) is 9.35. The van der Waals surface area contributed by atoms with E-state index in [2.05, 4.69) is 25.2 Å². The maximum atomic E-state index is 9.03. The molecule has 4 rings (SSSR count). The second-order valence-corrected chi connectivity index (χ2v) is 7.45. The lowest BCUT2D eigenvalue weighted by Crippen LogP contribution is -2.36. The minimum atomic E-state index is 0.361. The van der Waals surface area contributed by atoms with Crippen LogP contribution in [0.2, 0.25) is 5.02 Å². The van der Waals surface area contributed by atoms with Gasteiger partial charge in [0.05, 0.1) is 0 Å². The minimum Gasteiger partial charge on any atom is -0.409 e. The number of aromatic amines is 1. The molecule has 1 aromatic carbocycles. The van der Waals surface area contributed by atoms with Crippen molar-refractivity contribution < 1.29 is 5.21 Å². The van der Waals surface area contributed by atoms with Crippen LogP contribution in [0.3, 0.4) is 0 Å². The van der Waals surface area contributed by atoms with Crippen LogP contribution in [0.4, 0.5) is 0 Å². The molecule has 0 atom stereocenters. The maximum Gasteiger partial charge on any atom is 0.141 e. The van der Waals surface area contributed by atoms with Crippen LogP contribution in [0.15, 0.2) is 53.9 Å². The Morgan fingerprint density at radius 1 is 1.11 bits per heavy atom. The summed E-state index contributed by atoms with van der Waals surface area (Å²) in [7, 11) is 0.